The van der Waals surface area contributed by atoms with Crippen molar-refractivity contribution < 1.29 is 19.4 Å². The van der Waals surface area contributed by atoms with Crippen LogP contribution in [0.3, 0.4) is 0 Å². The lowest BCUT2D eigenvalue weighted by atomic mass is 9.79. The number of thiazole rings is 1. The smallest absolute Gasteiger partial charge is 0.280 e. The van der Waals surface area contributed by atoms with Gasteiger partial charge in [0.15, 0.2) is 5.69 Å². The van der Waals surface area contributed by atoms with Crippen LogP contribution in [0.4, 0.5) is 11.5 Å². The van der Waals surface area contributed by atoms with Crippen LogP contribution in [0.1, 0.15) is 51.7 Å². The number of aryl methyl sites for hydroxylation is 1. The summed E-state index contributed by atoms with van der Waals surface area (Å²) in [7, 11) is 3.87. The number of ether oxygens (including phenoxy) is 1. The van der Waals surface area contributed by atoms with Crippen LogP contribution in [0, 0.1) is 12.8 Å². The Bertz CT molecular complexity index is 2230. The first-order chi connectivity index (χ1) is 26.9. The van der Waals surface area contributed by atoms with Crippen LogP contribution in [0.25, 0.3) is 10.6 Å². The number of benzene rings is 2. The molecule has 5 aromatic rings. The number of hydrogen-bond donors (Lipinski definition) is 3. The molecule has 5 heterocycles. The molecule has 2 amide bonds. The third-order valence-corrected chi connectivity index (χ3v) is 12.0. The Hall–Kier alpha value is -5.64. The van der Waals surface area contributed by atoms with Crippen LogP contribution >= 0.6 is 11.3 Å². The van der Waals surface area contributed by atoms with E-state index in [1.807, 2.05) is 90.3 Å². The van der Waals surface area contributed by atoms with Crippen molar-refractivity contribution in [2.24, 2.45) is 11.7 Å². The highest BCUT2D eigenvalue weighted by Crippen LogP contribution is 2.37. The maximum absolute atomic E-state index is 14.3. The predicted molar refractivity (Wildman–Crippen MR) is 216 cm³/mol. The molecule has 2 aromatic carbocycles. The van der Waals surface area contributed by atoms with Crippen LogP contribution in [0.5, 0.6) is 11.6 Å². The number of likely N-dealkylation sites (tertiary alicyclic amines) is 2. The van der Waals surface area contributed by atoms with Gasteiger partial charge >= 0.3 is 0 Å². The first-order valence-electron chi connectivity index (χ1n) is 18.7. The van der Waals surface area contributed by atoms with Crippen LogP contribution in [0.2, 0.25) is 0 Å². The van der Waals surface area contributed by atoms with Gasteiger partial charge in [0.05, 0.1) is 17.8 Å². The van der Waals surface area contributed by atoms with Crippen molar-refractivity contribution in [2.75, 3.05) is 50.9 Å². The normalized spacial score (nSPS) is 18.1. The molecule has 7 rings (SSSR count). The van der Waals surface area contributed by atoms with Crippen molar-refractivity contribution in [3.63, 3.8) is 0 Å². The van der Waals surface area contributed by atoms with Crippen LogP contribution in [-0.2, 0) is 17.9 Å². The van der Waals surface area contributed by atoms with E-state index >= 15 is 0 Å². The molecule has 3 aromatic heterocycles. The Kier molecular flexibility index (Phi) is 11.2. The maximum atomic E-state index is 14.3. The number of pyridine rings is 1. The first kappa shape index (κ1) is 38.6. The number of carbonyl (C=O) groups is 2. The van der Waals surface area contributed by atoms with Crippen LogP contribution in [-0.4, -0.2) is 92.1 Å². The minimum Gasteiger partial charge on any atom is -0.437 e. The summed E-state index contributed by atoms with van der Waals surface area (Å²) in [6.45, 7) is 3.68. The molecule has 2 saturated heterocycles. The fourth-order valence-electron chi connectivity index (χ4n) is 7.45. The fourth-order valence-corrected chi connectivity index (χ4v) is 8.48. The van der Waals surface area contributed by atoms with E-state index in [2.05, 4.69) is 9.97 Å². The van der Waals surface area contributed by atoms with Gasteiger partial charge in [-0.15, -0.1) is 11.3 Å². The van der Waals surface area contributed by atoms with Gasteiger partial charge in [-0.2, -0.15) is 0 Å². The molecular weight excluding hydrogens is 731 g/mol. The molecule has 0 unspecified atom stereocenters. The molecular formula is C41H47N9O5S. The molecule has 2 atom stereocenters. The summed E-state index contributed by atoms with van der Waals surface area (Å²) in [5.74, 6) is 0.622. The topological polar surface area (TPSA) is 186 Å². The van der Waals surface area contributed by atoms with Gasteiger partial charge in [0.25, 0.3) is 11.5 Å². The summed E-state index contributed by atoms with van der Waals surface area (Å²) >= 11 is 1.36. The lowest BCUT2D eigenvalue weighted by molar-refractivity contribution is -0.142. The molecule has 2 aliphatic heterocycles. The summed E-state index contributed by atoms with van der Waals surface area (Å²) in [5.41, 5.74) is 13.3. The quantitative estimate of drug-likeness (QED) is 0.184. The number of aromatic nitrogens is 4. The zero-order chi connectivity index (χ0) is 39.6. The predicted octanol–water partition coefficient (Wildman–Crippen LogP) is 4.27. The van der Waals surface area contributed by atoms with Gasteiger partial charge in [-0.1, -0.05) is 42.5 Å². The monoisotopic (exact) mass is 777 g/mol. The van der Waals surface area contributed by atoms with E-state index in [0.29, 0.717) is 55.5 Å². The molecule has 0 radical (unpaired) electrons. The summed E-state index contributed by atoms with van der Waals surface area (Å²) < 4.78 is 7.04. The number of amides is 2. The largest absolute Gasteiger partial charge is 0.437 e. The van der Waals surface area contributed by atoms with Crippen LogP contribution in [0.15, 0.2) is 84.0 Å². The second-order valence-corrected chi connectivity index (χ2v) is 15.8. The van der Waals surface area contributed by atoms with E-state index in [4.69, 9.17) is 21.2 Å². The highest BCUT2D eigenvalue weighted by atomic mass is 32.1. The Labute approximate surface area is 329 Å². The minimum absolute atomic E-state index is 0.00186. The molecule has 0 aliphatic carbocycles. The summed E-state index contributed by atoms with van der Waals surface area (Å²) in [4.78, 5) is 61.2. The fraction of sp³-hybridized carbons (Fsp3) is 0.366. The van der Waals surface area contributed by atoms with Gasteiger partial charge in [0.1, 0.15) is 27.8 Å². The molecule has 292 valence electrons. The lowest BCUT2D eigenvalue weighted by Gasteiger charge is -2.43. The van der Waals surface area contributed by atoms with Gasteiger partial charge in [0.2, 0.25) is 11.8 Å². The molecule has 2 aliphatic rings. The van der Waals surface area contributed by atoms with E-state index in [0.717, 1.165) is 27.5 Å². The van der Waals surface area contributed by atoms with Gasteiger partial charge in [0, 0.05) is 70.4 Å². The average Bonchev–Trinajstić information content (AvgIpc) is 3.62. The zero-order valence-electron chi connectivity index (χ0n) is 31.8. The molecule has 56 heavy (non-hydrogen) atoms. The molecule has 0 spiro atoms. The van der Waals surface area contributed by atoms with Crippen LogP contribution < -0.4 is 26.7 Å². The Morgan fingerprint density at radius 3 is 2.39 bits per heavy atom. The maximum Gasteiger partial charge on any atom is 0.280 e. The number of aliphatic hydroxyl groups is 1. The molecule has 0 bridgehead atoms. The lowest BCUT2D eigenvalue weighted by Crippen LogP contribution is -2.53. The van der Waals surface area contributed by atoms with Gasteiger partial charge in [-0.25, -0.2) is 15.0 Å². The third kappa shape index (κ3) is 8.15. The molecule has 15 heteroatoms. The number of nitrogens with two attached hydrogens (primary N) is 2. The minimum atomic E-state index is -1.25. The standard InChI is InChI=1S/C41H47N9O5S/c1-26-35(56-37(46-26)29-11-14-33(44-22-29)47(2)3)40(53)49-18-15-31(32(23-49)28-7-5-4-6-8-28)38(51)48-19-16-41(54,17-20-48)24-50-25-45-36(34(43)39(50)52)55-30-12-9-27(21-42)10-13-30/h4-14,22,25,31-32,54H,15-21,23-24,42-43H2,1-3H3/t31-,32+/m1/s1. The summed E-state index contributed by atoms with van der Waals surface area (Å²) in [5, 5.41) is 12.3. The van der Waals surface area contributed by atoms with E-state index in [9.17, 15) is 19.5 Å². The second-order valence-electron chi connectivity index (χ2n) is 14.8. The van der Waals surface area contributed by atoms with Gasteiger partial charge in [-0.3, -0.25) is 19.0 Å². The highest BCUT2D eigenvalue weighted by molar-refractivity contribution is 7.17. The number of nitrogen functional groups attached to an aromatic ring is 1. The molecule has 5 N–H and O–H groups in total. The van der Waals surface area contributed by atoms with Gasteiger partial charge in [-0.05, 0) is 61.6 Å². The van der Waals surface area contributed by atoms with E-state index in [1.54, 1.807) is 18.3 Å². The zero-order valence-corrected chi connectivity index (χ0v) is 32.6. The van der Waals surface area contributed by atoms with E-state index in [-0.39, 0.29) is 54.6 Å². The van der Waals surface area contributed by atoms with Crippen molar-refractivity contribution in [2.45, 2.75) is 50.8 Å². The number of carbonyl (C=O) groups excluding carboxylic acids is 2. The number of piperidine rings is 2. The number of anilines is 2. The van der Waals surface area contributed by atoms with Crippen molar-refractivity contribution in [1.82, 2.24) is 29.3 Å². The second kappa shape index (κ2) is 16.2. The molecule has 2 fully saturated rings. The first-order valence-corrected chi connectivity index (χ1v) is 19.5. The summed E-state index contributed by atoms with van der Waals surface area (Å²) in [6.07, 6.45) is 4.13. The average molecular weight is 778 g/mol. The number of rotatable bonds is 10. The Morgan fingerprint density at radius 1 is 1.00 bits per heavy atom. The number of nitrogens with zero attached hydrogens (tertiary/aromatic N) is 7. The molecule has 14 nitrogen and oxygen atoms in total. The van der Waals surface area contributed by atoms with Gasteiger partial charge < -0.3 is 36.0 Å². The Morgan fingerprint density at radius 2 is 1.73 bits per heavy atom. The third-order valence-electron chi connectivity index (χ3n) is 10.8. The number of hydrogen-bond acceptors (Lipinski definition) is 12. The SMILES string of the molecule is Cc1nc(-c2ccc(N(C)C)nc2)sc1C(=O)N1CC[C@@H](C(=O)N2CCC(O)(Cn3cnc(Oc4ccc(CN)cc4)c(N)c3=O)CC2)[C@H](c2ccccc2)C1. The molecule has 0 saturated carbocycles. The summed E-state index contributed by atoms with van der Waals surface area (Å²) in [6, 6.07) is 20.8. The van der Waals surface area contributed by atoms with Crippen molar-refractivity contribution in [3.05, 3.63) is 111 Å². The highest BCUT2D eigenvalue weighted by Gasteiger charge is 2.42. The Balaban J connectivity index is 1.01. The van der Waals surface area contributed by atoms with E-state index < -0.39 is 11.2 Å². The van der Waals surface area contributed by atoms with Crippen molar-refractivity contribution >= 4 is 34.7 Å². The van der Waals surface area contributed by atoms with E-state index in [1.165, 1.54) is 22.2 Å². The van der Waals surface area contributed by atoms with Crippen molar-refractivity contribution in [1.29, 1.82) is 0 Å². The van der Waals surface area contributed by atoms with Crippen molar-refractivity contribution in [3.8, 4) is 22.2 Å².